The van der Waals surface area contributed by atoms with Crippen molar-refractivity contribution in [3.63, 3.8) is 0 Å². The third-order valence-corrected chi connectivity index (χ3v) is 4.74. The molecule has 0 spiro atoms. The molecule has 0 aliphatic rings. The van der Waals surface area contributed by atoms with E-state index in [0.717, 1.165) is 5.56 Å². The number of hydrogen-bond acceptors (Lipinski definition) is 4. The SMILES string of the molecule is C[C@H](N[C@@H](C)c1ccc(Cl)cc1Cl)C(=O)Nc1sccc1C#N. The van der Waals surface area contributed by atoms with E-state index in [0.29, 0.717) is 20.6 Å². The summed E-state index contributed by atoms with van der Waals surface area (Å²) in [7, 11) is 0. The van der Waals surface area contributed by atoms with Gasteiger partial charge in [0.1, 0.15) is 11.1 Å². The number of halogens is 2. The highest BCUT2D eigenvalue weighted by Gasteiger charge is 2.19. The highest BCUT2D eigenvalue weighted by Crippen LogP contribution is 2.27. The van der Waals surface area contributed by atoms with Gasteiger partial charge in [-0.1, -0.05) is 29.3 Å². The van der Waals surface area contributed by atoms with Crippen molar-refractivity contribution >= 4 is 45.4 Å². The van der Waals surface area contributed by atoms with Crippen LogP contribution >= 0.6 is 34.5 Å². The zero-order valence-electron chi connectivity index (χ0n) is 12.6. The monoisotopic (exact) mass is 367 g/mol. The Hall–Kier alpha value is -1.58. The predicted octanol–water partition coefficient (Wildman–Crippen LogP) is 4.60. The number of thiophene rings is 1. The molecule has 0 aliphatic heterocycles. The van der Waals surface area contributed by atoms with Gasteiger partial charge in [-0.2, -0.15) is 5.26 Å². The fourth-order valence-corrected chi connectivity index (χ4v) is 3.42. The van der Waals surface area contributed by atoms with Gasteiger partial charge in [0.05, 0.1) is 11.6 Å². The zero-order chi connectivity index (χ0) is 17.0. The summed E-state index contributed by atoms with van der Waals surface area (Å²) in [5.41, 5.74) is 1.33. The molecule has 1 heterocycles. The van der Waals surface area contributed by atoms with Crippen molar-refractivity contribution in [2.45, 2.75) is 25.9 Å². The lowest BCUT2D eigenvalue weighted by molar-refractivity contribution is -0.117. The normalized spacial score (nSPS) is 13.2. The van der Waals surface area contributed by atoms with E-state index in [1.54, 1.807) is 30.5 Å². The Balaban J connectivity index is 2.02. The maximum absolute atomic E-state index is 12.3. The molecule has 4 nitrogen and oxygen atoms in total. The quantitative estimate of drug-likeness (QED) is 0.810. The van der Waals surface area contributed by atoms with Gasteiger partial charge in [0.15, 0.2) is 0 Å². The van der Waals surface area contributed by atoms with E-state index in [2.05, 4.69) is 10.6 Å². The average Bonchev–Trinajstić information content (AvgIpc) is 2.94. The lowest BCUT2D eigenvalue weighted by atomic mass is 10.1. The second-order valence-electron chi connectivity index (χ2n) is 5.04. The summed E-state index contributed by atoms with van der Waals surface area (Å²) < 4.78 is 0. The molecule has 0 saturated heterocycles. The molecule has 2 rings (SSSR count). The third kappa shape index (κ3) is 4.46. The molecule has 1 amide bonds. The number of hydrogen-bond donors (Lipinski definition) is 2. The average molecular weight is 368 g/mol. The number of carbonyl (C=O) groups is 1. The van der Waals surface area contributed by atoms with Crippen LogP contribution in [-0.4, -0.2) is 11.9 Å². The Kier molecular flexibility index (Phi) is 6.03. The molecular weight excluding hydrogens is 353 g/mol. The van der Waals surface area contributed by atoms with Crippen LogP contribution < -0.4 is 10.6 Å². The first kappa shape index (κ1) is 17.8. The van der Waals surface area contributed by atoms with Crippen molar-refractivity contribution in [1.82, 2.24) is 5.32 Å². The van der Waals surface area contributed by atoms with Gasteiger partial charge in [0.2, 0.25) is 5.91 Å². The zero-order valence-corrected chi connectivity index (χ0v) is 14.9. The van der Waals surface area contributed by atoms with Gasteiger partial charge in [-0.25, -0.2) is 0 Å². The number of amides is 1. The molecule has 2 aromatic rings. The van der Waals surface area contributed by atoms with Crippen molar-refractivity contribution in [2.75, 3.05) is 5.32 Å². The van der Waals surface area contributed by atoms with E-state index in [1.165, 1.54) is 11.3 Å². The fourth-order valence-electron chi connectivity index (χ4n) is 2.11. The summed E-state index contributed by atoms with van der Waals surface area (Å²) in [5.74, 6) is -0.208. The van der Waals surface area contributed by atoms with Crippen LogP contribution in [-0.2, 0) is 4.79 Å². The first-order valence-electron chi connectivity index (χ1n) is 6.91. The van der Waals surface area contributed by atoms with Crippen molar-refractivity contribution in [3.8, 4) is 6.07 Å². The minimum Gasteiger partial charge on any atom is -0.315 e. The molecule has 7 heteroatoms. The fraction of sp³-hybridized carbons (Fsp3) is 0.250. The van der Waals surface area contributed by atoms with Gasteiger partial charge < -0.3 is 5.32 Å². The minimum absolute atomic E-state index is 0.126. The van der Waals surface area contributed by atoms with E-state index in [1.807, 2.05) is 19.1 Å². The highest BCUT2D eigenvalue weighted by atomic mass is 35.5. The molecule has 120 valence electrons. The van der Waals surface area contributed by atoms with Gasteiger partial charge in [0, 0.05) is 16.1 Å². The van der Waals surface area contributed by atoms with Crippen molar-refractivity contribution in [1.29, 1.82) is 5.26 Å². The maximum Gasteiger partial charge on any atom is 0.241 e. The van der Waals surface area contributed by atoms with Crippen LogP contribution in [0.2, 0.25) is 10.0 Å². The van der Waals surface area contributed by atoms with Crippen molar-refractivity contribution in [2.24, 2.45) is 0 Å². The smallest absolute Gasteiger partial charge is 0.241 e. The largest absolute Gasteiger partial charge is 0.315 e. The lowest BCUT2D eigenvalue weighted by Crippen LogP contribution is -2.39. The summed E-state index contributed by atoms with van der Waals surface area (Å²) in [5, 5.41) is 18.4. The first-order chi connectivity index (χ1) is 10.9. The number of nitrogens with zero attached hydrogens (tertiary/aromatic N) is 1. The van der Waals surface area contributed by atoms with Gasteiger partial charge in [0.25, 0.3) is 0 Å². The molecule has 0 bridgehead atoms. The molecule has 2 atom stereocenters. The van der Waals surface area contributed by atoms with Gasteiger partial charge in [-0.05, 0) is 43.0 Å². The molecule has 2 N–H and O–H groups in total. The van der Waals surface area contributed by atoms with Crippen LogP contribution in [0.5, 0.6) is 0 Å². The van der Waals surface area contributed by atoms with E-state index in [4.69, 9.17) is 28.5 Å². The molecule has 0 unspecified atom stereocenters. The van der Waals surface area contributed by atoms with Gasteiger partial charge in [-0.15, -0.1) is 11.3 Å². The van der Waals surface area contributed by atoms with Crippen LogP contribution in [0.25, 0.3) is 0 Å². The van der Waals surface area contributed by atoms with E-state index in [9.17, 15) is 4.79 Å². The molecule has 0 aliphatic carbocycles. The minimum atomic E-state index is -0.453. The second kappa shape index (κ2) is 7.80. The van der Waals surface area contributed by atoms with E-state index in [-0.39, 0.29) is 11.9 Å². The lowest BCUT2D eigenvalue weighted by Gasteiger charge is -2.20. The molecule has 0 saturated carbocycles. The molecular formula is C16H15Cl2N3OS. The summed E-state index contributed by atoms with van der Waals surface area (Å²) in [4.78, 5) is 12.3. The van der Waals surface area contributed by atoms with E-state index < -0.39 is 6.04 Å². The Morgan fingerprint density at radius 2 is 2.04 bits per heavy atom. The van der Waals surface area contributed by atoms with Crippen LogP contribution in [0, 0.1) is 11.3 Å². The van der Waals surface area contributed by atoms with Crippen molar-refractivity contribution in [3.05, 3.63) is 50.8 Å². The van der Waals surface area contributed by atoms with Crippen LogP contribution in [0.3, 0.4) is 0 Å². The topological polar surface area (TPSA) is 64.9 Å². The number of nitrogens with one attached hydrogen (secondary N) is 2. The summed E-state index contributed by atoms with van der Waals surface area (Å²) in [6.45, 7) is 3.68. The Morgan fingerprint density at radius 1 is 1.30 bits per heavy atom. The standard InChI is InChI=1S/C16H15Cl2N3OS/c1-9(13-4-3-12(17)7-14(13)18)20-10(2)15(22)21-16-11(8-19)5-6-23-16/h3-7,9-10,20H,1-2H3,(H,21,22)/t9-,10-/m0/s1. The first-order valence-corrected chi connectivity index (χ1v) is 8.55. The predicted molar refractivity (Wildman–Crippen MR) is 95.1 cm³/mol. The Labute approximate surface area is 149 Å². The van der Waals surface area contributed by atoms with Gasteiger partial charge >= 0.3 is 0 Å². The number of carbonyl (C=O) groups excluding carboxylic acids is 1. The van der Waals surface area contributed by atoms with Crippen LogP contribution in [0.4, 0.5) is 5.00 Å². The van der Waals surface area contributed by atoms with Crippen LogP contribution in [0.1, 0.15) is 31.0 Å². The number of rotatable bonds is 5. The Bertz CT molecular complexity index is 754. The summed E-state index contributed by atoms with van der Waals surface area (Å²) in [6.07, 6.45) is 0. The van der Waals surface area contributed by atoms with Crippen molar-refractivity contribution < 1.29 is 4.79 Å². The number of anilines is 1. The Morgan fingerprint density at radius 3 is 2.70 bits per heavy atom. The molecule has 1 aromatic carbocycles. The molecule has 0 fully saturated rings. The summed E-state index contributed by atoms with van der Waals surface area (Å²) >= 11 is 13.4. The number of nitriles is 1. The molecule has 1 aromatic heterocycles. The van der Waals surface area contributed by atoms with Gasteiger partial charge in [-0.3, -0.25) is 10.1 Å². The molecule has 0 radical (unpaired) electrons. The number of benzene rings is 1. The second-order valence-corrected chi connectivity index (χ2v) is 6.80. The highest BCUT2D eigenvalue weighted by molar-refractivity contribution is 7.14. The third-order valence-electron chi connectivity index (χ3n) is 3.34. The van der Waals surface area contributed by atoms with Crippen LogP contribution in [0.15, 0.2) is 29.6 Å². The maximum atomic E-state index is 12.3. The molecule has 23 heavy (non-hydrogen) atoms. The van der Waals surface area contributed by atoms with E-state index >= 15 is 0 Å². The summed E-state index contributed by atoms with van der Waals surface area (Å²) in [6, 6.07) is 8.41.